The Labute approximate surface area is 233 Å². The second-order valence-corrected chi connectivity index (χ2v) is 10.3. The van der Waals surface area contributed by atoms with Crippen molar-refractivity contribution < 1.29 is 24.1 Å². The van der Waals surface area contributed by atoms with Crippen LogP contribution in [0.5, 0.6) is 11.5 Å². The van der Waals surface area contributed by atoms with Crippen LogP contribution in [-0.2, 0) is 14.3 Å². The lowest BCUT2D eigenvalue weighted by Crippen LogP contribution is -2.30. The number of amides is 1. The number of fused-ring (bicyclic) bond motifs is 1. The highest BCUT2D eigenvalue weighted by Gasteiger charge is 2.40. The van der Waals surface area contributed by atoms with E-state index >= 15 is 0 Å². The SMILES string of the molecule is COc1cc(C2S/C(=N\Nc3nc4ccccc4cc3C3OCCO3)N(c3ccc(Cl)cc3)C2=O)ccc1O. The molecule has 3 heterocycles. The molecule has 0 saturated carbocycles. The van der Waals surface area contributed by atoms with E-state index in [-0.39, 0.29) is 17.4 Å². The second kappa shape index (κ2) is 10.7. The van der Waals surface area contributed by atoms with Crippen LogP contribution in [0.2, 0.25) is 5.02 Å². The maximum atomic E-state index is 13.8. The fourth-order valence-corrected chi connectivity index (χ4v) is 5.66. The number of amidine groups is 1. The van der Waals surface area contributed by atoms with Gasteiger partial charge in [0.1, 0.15) is 5.25 Å². The third-order valence-corrected chi connectivity index (χ3v) is 7.78. The Hall–Kier alpha value is -3.83. The van der Waals surface area contributed by atoms with Crippen molar-refractivity contribution in [1.82, 2.24) is 4.98 Å². The van der Waals surface area contributed by atoms with Gasteiger partial charge in [0, 0.05) is 10.4 Å². The van der Waals surface area contributed by atoms with E-state index in [9.17, 15) is 9.90 Å². The van der Waals surface area contributed by atoms with Crippen LogP contribution in [-0.4, -0.2) is 41.5 Å². The number of aromatic hydroxyl groups is 1. The zero-order valence-corrected chi connectivity index (χ0v) is 22.3. The third-order valence-electron chi connectivity index (χ3n) is 6.34. The number of thioether (sulfide) groups is 1. The Balaban J connectivity index is 1.40. The number of carbonyl (C=O) groups is 1. The number of phenols is 1. The molecule has 9 nitrogen and oxygen atoms in total. The van der Waals surface area contributed by atoms with Crippen LogP contribution in [0.15, 0.2) is 77.9 Å². The molecular formula is C28H23ClN4O5S. The van der Waals surface area contributed by atoms with Gasteiger partial charge in [0.15, 0.2) is 28.8 Å². The molecule has 1 atom stereocenters. The zero-order valence-electron chi connectivity index (χ0n) is 20.7. The average Bonchev–Trinajstić information content (AvgIpc) is 3.61. The number of phenolic OH excluding ortho intramolecular Hbond substituents is 1. The summed E-state index contributed by atoms with van der Waals surface area (Å²) in [4.78, 5) is 20.0. The number of anilines is 2. The summed E-state index contributed by atoms with van der Waals surface area (Å²) in [5.41, 5.74) is 5.84. The average molecular weight is 563 g/mol. The highest BCUT2D eigenvalue weighted by Crippen LogP contribution is 2.44. The minimum atomic E-state index is -0.624. The van der Waals surface area contributed by atoms with Crippen molar-refractivity contribution >= 4 is 56.8 Å². The Kier molecular flexibility index (Phi) is 7.01. The van der Waals surface area contributed by atoms with Gasteiger partial charge in [0.05, 0.1) is 37.1 Å². The van der Waals surface area contributed by atoms with Gasteiger partial charge in [-0.05, 0) is 54.1 Å². The molecule has 1 amide bonds. The molecule has 0 radical (unpaired) electrons. The van der Waals surface area contributed by atoms with Gasteiger partial charge in [0.25, 0.3) is 5.91 Å². The number of hydrogen-bond acceptors (Lipinski definition) is 9. The van der Waals surface area contributed by atoms with E-state index in [0.717, 1.165) is 10.9 Å². The maximum Gasteiger partial charge on any atom is 0.251 e. The molecule has 1 unspecified atom stereocenters. The number of nitrogens with one attached hydrogen (secondary N) is 1. The summed E-state index contributed by atoms with van der Waals surface area (Å²) in [6.45, 7) is 0.968. The summed E-state index contributed by atoms with van der Waals surface area (Å²) in [5.74, 6) is 0.536. The molecule has 2 N–H and O–H groups in total. The first-order valence-corrected chi connectivity index (χ1v) is 13.4. The second-order valence-electron chi connectivity index (χ2n) is 8.78. The minimum absolute atomic E-state index is 0.00642. The first kappa shape index (κ1) is 25.4. The Morgan fingerprint density at radius 3 is 2.64 bits per heavy atom. The van der Waals surface area contributed by atoms with Crippen LogP contribution in [0, 0.1) is 0 Å². The number of hydrogen-bond donors (Lipinski definition) is 2. The van der Waals surface area contributed by atoms with Gasteiger partial charge < -0.3 is 19.3 Å². The number of rotatable bonds is 6. The summed E-state index contributed by atoms with van der Waals surface area (Å²) in [6.07, 6.45) is -0.577. The molecular weight excluding hydrogens is 540 g/mol. The van der Waals surface area contributed by atoms with Gasteiger partial charge >= 0.3 is 0 Å². The number of para-hydroxylation sites is 1. The summed E-state index contributed by atoms with van der Waals surface area (Å²) in [6, 6.07) is 21.5. The molecule has 0 aliphatic carbocycles. The van der Waals surface area contributed by atoms with E-state index < -0.39 is 11.5 Å². The fourth-order valence-electron chi connectivity index (χ4n) is 4.43. The largest absolute Gasteiger partial charge is 0.504 e. The maximum absolute atomic E-state index is 13.8. The van der Waals surface area contributed by atoms with Gasteiger partial charge in [-0.2, -0.15) is 0 Å². The lowest BCUT2D eigenvalue weighted by molar-refractivity contribution is -0.117. The van der Waals surface area contributed by atoms with E-state index in [1.165, 1.54) is 29.8 Å². The first-order chi connectivity index (χ1) is 19.0. The van der Waals surface area contributed by atoms with Crippen LogP contribution in [0.25, 0.3) is 10.9 Å². The topological polar surface area (TPSA) is 106 Å². The van der Waals surface area contributed by atoms with E-state index in [2.05, 4.69) is 10.5 Å². The molecule has 39 heavy (non-hydrogen) atoms. The lowest BCUT2D eigenvalue weighted by Gasteiger charge is -2.18. The van der Waals surface area contributed by atoms with Gasteiger partial charge in [-0.1, -0.05) is 47.6 Å². The summed E-state index contributed by atoms with van der Waals surface area (Å²) >= 11 is 7.38. The van der Waals surface area contributed by atoms with E-state index in [1.54, 1.807) is 36.4 Å². The standard InChI is InChI=1S/C28H23ClN4O5S/c1-36-23-15-17(6-11-22(23)34)24-26(35)33(19-9-7-18(29)8-10-19)28(39-24)32-31-25-20(27-37-12-13-38-27)14-16-4-2-3-5-21(16)30-25/h2-11,14-15,24,27,34H,12-13H2,1H3,(H,30,31)/b32-28-. The number of ether oxygens (including phenoxy) is 3. The summed E-state index contributed by atoms with van der Waals surface area (Å²) in [7, 11) is 1.46. The number of nitrogens with zero attached hydrogens (tertiary/aromatic N) is 3. The molecule has 2 saturated heterocycles. The monoisotopic (exact) mass is 562 g/mol. The molecule has 0 spiro atoms. The third kappa shape index (κ3) is 4.99. The molecule has 0 bridgehead atoms. The zero-order chi connectivity index (χ0) is 26.9. The molecule has 1 aromatic heterocycles. The van der Waals surface area contributed by atoms with Gasteiger partial charge in [-0.15, -0.1) is 5.10 Å². The fraction of sp³-hybridized carbons (Fsp3) is 0.179. The number of hydrazone groups is 1. The smallest absolute Gasteiger partial charge is 0.251 e. The first-order valence-electron chi connectivity index (χ1n) is 12.1. The van der Waals surface area contributed by atoms with Crippen molar-refractivity contribution in [2.45, 2.75) is 11.5 Å². The van der Waals surface area contributed by atoms with Gasteiger partial charge in [-0.25, -0.2) is 4.98 Å². The van der Waals surface area contributed by atoms with E-state index in [4.69, 9.17) is 30.8 Å². The minimum Gasteiger partial charge on any atom is -0.504 e. The number of halogens is 1. The van der Waals surface area contributed by atoms with Crippen molar-refractivity contribution in [3.05, 3.63) is 88.9 Å². The van der Waals surface area contributed by atoms with Gasteiger partial charge in [-0.3, -0.25) is 15.1 Å². The van der Waals surface area contributed by atoms with Crippen LogP contribution in [0.4, 0.5) is 11.5 Å². The number of pyridine rings is 1. The van der Waals surface area contributed by atoms with Crippen LogP contribution >= 0.6 is 23.4 Å². The number of methoxy groups -OCH3 is 1. The van der Waals surface area contributed by atoms with Crippen molar-refractivity contribution in [2.24, 2.45) is 5.10 Å². The van der Waals surface area contributed by atoms with Crippen LogP contribution in [0.3, 0.4) is 0 Å². The Morgan fingerprint density at radius 2 is 1.87 bits per heavy atom. The highest BCUT2D eigenvalue weighted by molar-refractivity contribution is 8.15. The van der Waals surface area contributed by atoms with Crippen LogP contribution < -0.4 is 15.1 Å². The molecule has 2 fully saturated rings. The Bertz CT molecular complexity index is 1580. The molecule has 2 aliphatic heterocycles. The van der Waals surface area contributed by atoms with Gasteiger partial charge in [0.2, 0.25) is 0 Å². The lowest BCUT2D eigenvalue weighted by atomic mass is 10.1. The predicted molar refractivity (Wildman–Crippen MR) is 151 cm³/mol. The highest BCUT2D eigenvalue weighted by atomic mass is 35.5. The molecule has 198 valence electrons. The van der Waals surface area contributed by atoms with Crippen LogP contribution in [0.1, 0.15) is 22.7 Å². The van der Waals surface area contributed by atoms with Crippen molar-refractivity contribution in [2.75, 3.05) is 30.6 Å². The summed E-state index contributed by atoms with van der Waals surface area (Å²) < 4.78 is 16.8. The van der Waals surface area contributed by atoms with Crippen molar-refractivity contribution in [3.63, 3.8) is 0 Å². The number of aromatic nitrogens is 1. The molecule has 6 rings (SSSR count). The molecule has 3 aromatic carbocycles. The molecule has 11 heteroatoms. The predicted octanol–water partition coefficient (Wildman–Crippen LogP) is 5.85. The Morgan fingerprint density at radius 1 is 1.10 bits per heavy atom. The van der Waals surface area contributed by atoms with E-state index in [1.807, 2.05) is 30.3 Å². The van der Waals surface area contributed by atoms with Crippen molar-refractivity contribution in [1.29, 1.82) is 0 Å². The summed E-state index contributed by atoms with van der Waals surface area (Å²) in [5, 5.41) is 16.0. The van der Waals surface area contributed by atoms with E-state index in [0.29, 0.717) is 46.0 Å². The normalized spacial score (nSPS) is 18.8. The molecule has 2 aliphatic rings. The van der Waals surface area contributed by atoms with Crippen molar-refractivity contribution in [3.8, 4) is 11.5 Å². The quantitative estimate of drug-likeness (QED) is 0.282. The molecule has 4 aromatic rings. The number of carbonyl (C=O) groups excluding carboxylic acids is 1. The number of benzene rings is 3.